The van der Waals surface area contributed by atoms with Crippen LogP contribution in [-0.2, 0) is 0 Å². The molecule has 0 radical (unpaired) electrons. The van der Waals surface area contributed by atoms with E-state index in [1.165, 1.54) is 12.1 Å². The summed E-state index contributed by atoms with van der Waals surface area (Å²) in [5, 5.41) is 0. The Morgan fingerprint density at radius 2 is 1.79 bits per heavy atom. The first-order valence-electron chi connectivity index (χ1n) is 5.97. The number of fused-ring (bicyclic) bond motifs is 1. The van der Waals surface area contributed by atoms with Gasteiger partial charge >= 0.3 is 0 Å². The van der Waals surface area contributed by atoms with E-state index in [9.17, 15) is 9.18 Å². The smallest absolute Gasteiger partial charge is 0.191 e. The molecule has 0 spiro atoms. The summed E-state index contributed by atoms with van der Waals surface area (Å²) in [6, 6.07) is 13.8. The number of carbonyl (C=O) groups is 1. The maximum absolute atomic E-state index is 12.8. The second kappa shape index (κ2) is 5.02. The lowest BCUT2D eigenvalue weighted by Crippen LogP contribution is -2.11. The fraction of sp³-hybridized carbons (Fsp3) is 0.0625. The second-order valence-electron chi connectivity index (χ2n) is 4.34. The van der Waals surface area contributed by atoms with E-state index >= 15 is 0 Å². The zero-order valence-electron chi connectivity index (χ0n) is 10.1. The van der Waals surface area contributed by atoms with Gasteiger partial charge in [0.1, 0.15) is 5.82 Å². The molecular formula is C16H11FOS. The van der Waals surface area contributed by atoms with Crippen molar-refractivity contribution in [1.29, 1.82) is 0 Å². The Labute approximate surface area is 115 Å². The zero-order chi connectivity index (χ0) is 13.2. The lowest BCUT2D eigenvalue weighted by Gasteiger charge is -2.16. The van der Waals surface area contributed by atoms with Crippen molar-refractivity contribution in [3.05, 3.63) is 71.0 Å². The molecule has 1 nitrogen and oxygen atoms in total. The molecule has 0 fully saturated rings. The van der Waals surface area contributed by atoms with Crippen molar-refractivity contribution < 1.29 is 9.18 Å². The molecule has 0 aromatic heterocycles. The first-order valence-corrected chi connectivity index (χ1v) is 6.95. The molecule has 0 saturated heterocycles. The first kappa shape index (κ1) is 12.2. The van der Waals surface area contributed by atoms with Gasteiger partial charge in [-0.25, -0.2) is 4.39 Å². The molecule has 19 heavy (non-hydrogen) atoms. The molecule has 2 aromatic rings. The molecule has 0 atom stereocenters. The van der Waals surface area contributed by atoms with E-state index in [4.69, 9.17) is 0 Å². The predicted octanol–water partition coefficient (Wildman–Crippen LogP) is 4.20. The number of carbonyl (C=O) groups excluding carboxylic acids is 1. The normalized spacial score (nSPS) is 16.5. The quantitative estimate of drug-likeness (QED) is 0.722. The topological polar surface area (TPSA) is 17.1 Å². The van der Waals surface area contributed by atoms with Crippen LogP contribution in [0.25, 0.3) is 6.08 Å². The Morgan fingerprint density at radius 1 is 1.05 bits per heavy atom. The summed E-state index contributed by atoms with van der Waals surface area (Å²) in [4.78, 5) is 13.4. The summed E-state index contributed by atoms with van der Waals surface area (Å²) >= 11 is 1.66. The molecule has 1 aliphatic heterocycles. The Hall–Kier alpha value is -1.87. The van der Waals surface area contributed by atoms with Crippen molar-refractivity contribution in [2.45, 2.75) is 4.90 Å². The number of thioether (sulfide) groups is 1. The van der Waals surface area contributed by atoms with Crippen molar-refractivity contribution in [2.24, 2.45) is 0 Å². The molecule has 3 heteroatoms. The van der Waals surface area contributed by atoms with Gasteiger partial charge in [-0.3, -0.25) is 4.79 Å². The summed E-state index contributed by atoms with van der Waals surface area (Å²) in [5.41, 5.74) is 2.37. The summed E-state index contributed by atoms with van der Waals surface area (Å²) in [7, 11) is 0. The van der Waals surface area contributed by atoms with Crippen molar-refractivity contribution in [3.63, 3.8) is 0 Å². The van der Waals surface area contributed by atoms with Gasteiger partial charge in [-0.05, 0) is 35.9 Å². The van der Waals surface area contributed by atoms with Crippen LogP contribution < -0.4 is 0 Å². The SMILES string of the molecule is O=C1/C(=C\c2ccc(F)cc2)CSc2ccccc21. The minimum Gasteiger partial charge on any atom is -0.289 e. The Bertz CT molecular complexity index is 659. The van der Waals surface area contributed by atoms with E-state index in [0.29, 0.717) is 5.75 Å². The van der Waals surface area contributed by atoms with Gasteiger partial charge < -0.3 is 0 Å². The van der Waals surface area contributed by atoms with Crippen LogP contribution in [0, 0.1) is 5.82 Å². The third-order valence-electron chi connectivity index (χ3n) is 3.02. The average molecular weight is 270 g/mol. The summed E-state index contributed by atoms with van der Waals surface area (Å²) in [6.07, 6.45) is 1.84. The Balaban J connectivity index is 1.96. The molecule has 3 rings (SSSR count). The van der Waals surface area contributed by atoms with Crippen LogP contribution in [0.5, 0.6) is 0 Å². The Morgan fingerprint density at radius 3 is 2.58 bits per heavy atom. The highest BCUT2D eigenvalue weighted by molar-refractivity contribution is 7.99. The summed E-state index contributed by atoms with van der Waals surface area (Å²) in [5.74, 6) is 0.461. The van der Waals surface area contributed by atoms with Crippen LogP contribution >= 0.6 is 11.8 Å². The molecule has 0 saturated carbocycles. The van der Waals surface area contributed by atoms with E-state index < -0.39 is 0 Å². The minimum atomic E-state index is -0.267. The summed E-state index contributed by atoms with van der Waals surface area (Å²) in [6.45, 7) is 0. The lowest BCUT2D eigenvalue weighted by molar-refractivity contribution is 0.103. The number of Topliss-reactive ketones (excluding diaryl/α,β-unsaturated/α-hetero) is 1. The van der Waals surface area contributed by atoms with E-state index in [-0.39, 0.29) is 11.6 Å². The van der Waals surface area contributed by atoms with Crippen molar-refractivity contribution in [2.75, 3.05) is 5.75 Å². The second-order valence-corrected chi connectivity index (χ2v) is 5.35. The lowest BCUT2D eigenvalue weighted by atomic mass is 10.0. The number of benzene rings is 2. The van der Waals surface area contributed by atoms with Gasteiger partial charge in [-0.2, -0.15) is 0 Å². The van der Waals surface area contributed by atoms with Gasteiger partial charge in [0.05, 0.1) is 0 Å². The van der Waals surface area contributed by atoms with Crippen LogP contribution in [0.1, 0.15) is 15.9 Å². The number of ketones is 1. The van der Waals surface area contributed by atoms with Gasteiger partial charge in [0, 0.05) is 21.8 Å². The van der Waals surface area contributed by atoms with Gasteiger partial charge in [0.2, 0.25) is 0 Å². The van der Waals surface area contributed by atoms with Crippen LogP contribution in [-0.4, -0.2) is 11.5 Å². The molecule has 0 unspecified atom stereocenters. The van der Waals surface area contributed by atoms with Crippen LogP contribution in [0.4, 0.5) is 4.39 Å². The van der Waals surface area contributed by atoms with Gasteiger partial charge in [0.15, 0.2) is 5.78 Å². The van der Waals surface area contributed by atoms with E-state index in [2.05, 4.69) is 0 Å². The third-order valence-corrected chi connectivity index (χ3v) is 4.14. The molecule has 1 aliphatic rings. The summed E-state index contributed by atoms with van der Waals surface area (Å²) < 4.78 is 12.8. The molecule has 0 aliphatic carbocycles. The first-order chi connectivity index (χ1) is 9.24. The predicted molar refractivity (Wildman–Crippen MR) is 75.9 cm³/mol. The van der Waals surface area contributed by atoms with E-state index in [1.807, 2.05) is 30.3 Å². The molecule has 0 amide bonds. The molecule has 0 N–H and O–H groups in total. The standard InChI is InChI=1S/C16H11FOS/c17-13-7-5-11(6-8-13)9-12-10-19-15-4-2-1-3-14(15)16(12)18/h1-9H,10H2/b12-9-. The number of hydrogen-bond donors (Lipinski definition) is 0. The van der Waals surface area contributed by atoms with Crippen molar-refractivity contribution in [3.8, 4) is 0 Å². The fourth-order valence-electron chi connectivity index (χ4n) is 2.04. The molecule has 0 bridgehead atoms. The van der Waals surface area contributed by atoms with Crippen molar-refractivity contribution in [1.82, 2.24) is 0 Å². The van der Waals surface area contributed by atoms with E-state index in [1.54, 1.807) is 23.9 Å². The molecule has 94 valence electrons. The average Bonchev–Trinajstić information content (AvgIpc) is 2.45. The molecule has 2 aromatic carbocycles. The maximum Gasteiger partial charge on any atom is 0.191 e. The highest BCUT2D eigenvalue weighted by Gasteiger charge is 2.21. The number of halogens is 1. The van der Waals surface area contributed by atoms with Gasteiger partial charge in [-0.15, -0.1) is 11.8 Å². The fourth-order valence-corrected chi connectivity index (χ4v) is 3.06. The molecular weight excluding hydrogens is 259 g/mol. The van der Waals surface area contributed by atoms with Crippen LogP contribution in [0.15, 0.2) is 59.0 Å². The number of hydrogen-bond acceptors (Lipinski definition) is 2. The number of rotatable bonds is 1. The van der Waals surface area contributed by atoms with Gasteiger partial charge in [0.25, 0.3) is 0 Å². The third kappa shape index (κ3) is 2.47. The highest BCUT2D eigenvalue weighted by Crippen LogP contribution is 2.33. The van der Waals surface area contributed by atoms with Crippen LogP contribution in [0.3, 0.4) is 0 Å². The van der Waals surface area contributed by atoms with Gasteiger partial charge in [-0.1, -0.05) is 24.3 Å². The highest BCUT2D eigenvalue weighted by atomic mass is 32.2. The zero-order valence-corrected chi connectivity index (χ0v) is 10.9. The molecule has 1 heterocycles. The maximum atomic E-state index is 12.8. The van der Waals surface area contributed by atoms with E-state index in [0.717, 1.165) is 21.6 Å². The van der Waals surface area contributed by atoms with Crippen LogP contribution in [0.2, 0.25) is 0 Å². The minimum absolute atomic E-state index is 0.0682. The monoisotopic (exact) mass is 270 g/mol. The largest absolute Gasteiger partial charge is 0.289 e. The van der Waals surface area contributed by atoms with Crippen molar-refractivity contribution >= 4 is 23.6 Å². The Kier molecular flexibility index (Phi) is 3.22.